The van der Waals surface area contributed by atoms with Crippen LogP contribution in [0.3, 0.4) is 0 Å². The molecule has 0 saturated heterocycles. The van der Waals surface area contributed by atoms with Crippen molar-refractivity contribution in [3.05, 3.63) is 105 Å². The number of aliphatic imine (C=N–C) groups is 1. The highest BCUT2D eigenvalue weighted by Gasteiger charge is 2.37. The number of nitro benzene ring substituents is 1. The van der Waals surface area contributed by atoms with E-state index in [-0.39, 0.29) is 21.6 Å². The van der Waals surface area contributed by atoms with Gasteiger partial charge in [0.05, 0.1) is 10.6 Å². The summed E-state index contributed by atoms with van der Waals surface area (Å²) >= 11 is 19.4. The fraction of sp³-hybridized carbons (Fsp3) is 0.0500. The van der Waals surface area contributed by atoms with Crippen molar-refractivity contribution >= 4 is 51.3 Å². The van der Waals surface area contributed by atoms with Crippen molar-refractivity contribution in [1.82, 2.24) is 0 Å². The Bertz CT molecular complexity index is 953. The third-order valence-corrected chi connectivity index (χ3v) is 5.38. The number of hydrogen-bond donors (Lipinski definition) is 0. The molecule has 136 valence electrons. The van der Waals surface area contributed by atoms with Gasteiger partial charge in [-0.25, -0.2) is 4.99 Å². The molecule has 0 atom stereocenters. The van der Waals surface area contributed by atoms with Crippen molar-refractivity contribution in [2.24, 2.45) is 4.99 Å². The fourth-order valence-corrected chi connectivity index (χ4v) is 3.44. The van der Waals surface area contributed by atoms with Gasteiger partial charge in [0.1, 0.15) is 15.1 Å². The van der Waals surface area contributed by atoms with E-state index in [1.807, 2.05) is 60.7 Å². The van der Waals surface area contributed by atoms with E-state index in [4.69, 9.17) is 34.8 Å². The number of halogens is 3. The Morgan fingerprint density at radius 1 is 0.926 bits per heavy atom. The first-order chi connectivity index (χ1) is 12.9. The summed E-state index contributed by atoms with van der Waals surface area (Å²) in [5, 5.41) is 11.2. The molecular weight excluding hydrogens is 407 g/mol. The van der Waals surface area contributed by atoms with Crippen molar-refractivity contribution in [2.75, 3.05) is 0 Å². The molecule has 0 bridgehead atoms. The quantitative estimate of drug-likeness (QED) is 0.200. The molecule has 0 spiro atoms. The maximum Gasteiger partial charge on any atom is 0.290 e. The first kappa shape index (κ1) is 19.4. The Kier molecular flexibility index (Phi) is 5.80. The molecule has 0 radical (unpaired) electrons. The summed E-state index contributed by atoms with van der Waals surface area (Å²) in [7, 11) is 0. The molecule has 0 aromatic heterocycles. The Hall–Kier alpha value is -2.40. The van der Waals surface area contributed by atoms with Crippen LogP contribution in [0.1, 0.15) is 11.1 Å². The smallest absolute Gasteiger partial charge is 0.258 e. The zero-order valence-electron chi connectivity index (χ0n) is 13.9. The molecule has 0 saturated carbocycles. The van der Waals surface area contributed by atoms with Crippen LogP contribution in [0.5, 0.6) is 0 Å². The summed E-state index contributed by atoms with van der Waals surface area (Å²) in [6, 6.07) is 22.8. The molecule has 0 aliphatic heterocycles. The van der Waals surface area contributed by atoms with Crippen molar-refractivity contribution < 1.29 is 4.92 Å². The van der Waals surface area contributed by atoms with E-state index in [0.717, 1.165) is 11.1 Å². The van der Waals surface area contributed by atoms with Gasteiger partial charge >= 0.3 is 0 Å². The number of rotatable bonds is 5. The van der Waals surface area contributed by atoms with Crippen LogP contribution in [0, 0.1) is 10.1 Å². The molecule has 4 nitrogen and oxygen atoms in total. The Labute approximate surface area is 171 Å². The van der Waals surface area contributed by atoms with Gasteiger partial charge in [-0.3, -0.25) is 10.1 Å². The van der Waals surface area contributed by atoms with Gasteiger partial charge in [0.25, 0.3) is 5.69 Å². The lowest BCUT2D eigenvalue weighted by atomic mass is 9.91. The van der Waals surface area contributed by atoms with Crippen LogP contribution in [-0.4, -0.2) is 10.1 Å². The summed E-state index contributed by atoms with van der Waals surface area (Å²) in [6.07, 6.45) is 0. The lowest BCUT2D eigenvalue weighted by Gasteiger charge is -2.27. The predicted octanol–water partition coefficient (Wildman–Crippen LogP) is 6.70. The monoisotopic (exact) mass is 418 g/mol. The zero-order chi connectivity index (χ0) is 19.4. The summed E-state index contributed by atoms with van der Waals surface area (Å²) in [6.45, 7) is 0. The van der Waals surface area contributed by atoms with Crippen molar-refractivity contribution in [1.29, 1.82) is 0 Å². The highest BCUT2D eigenvalue weighted by molar-refractivity contribution is 6.73. The van der Waals surface area contributed by atoms with Crippen LogP contribution in [0.4, 0.5) is 11.4 Å². The molecule has 3 aromatic rings. The highest BCUT2D eigenvalue weighted by atomic mass is 35.5. The predicted molar refractivity (Wildman–Crippen MR) is 111 cm³/mol. The maximum atomic E-state index is 11.1. The van der Waals surface area contributed by atoms with Gasteiger partial charge in [0.15, 0.2) is 0 Å². The largest absolute Gasteiger partial charge is 0.290 e. The van der Waals surface area contributed by atoms with Gasteiger partial charge in [-0.2, -0.15) is 0 Å². The Balaban J connectivity index is 2.15. The van der Waals surface area contributed by atoms with Gasteiger partial charge in [-0.15, -0.1) is 11.6 Å². The first-order valence-corrected chi connectivity index (χ1v) is 9.05. The molecular formula is C20H13Cl3N2O2. The van der Waals surface area contributed by atoms with Gasteiger partial charge in [-0.1, -0.05) is 83.9 Å². The van der Waals surface area contributed by atoms with E-state index in [1.54, 1.807) is 6.07 Å². The first-order valence-electron chi connectivity index (χ1n) is 7.91. The van der Waals surface area contributed by atoms with E-state index in [9.17, 15) is 10.1 Å². The number of hydrogen-bond acceptors (Lipinski definition) is 3. The summed E-state index contributed by atoms with van der Waals surface area (Å²) in [5.74, 6) is 0. The van der Waals surface area contributed by atoms with Crippen LogP contribution in [0.15, 0.2) is 83.9 Å². The number of nitrogens with zero attached hydrogens (tertiary/aromatic N) is 2. The van der Waals surface area contributed by atoms with Gasteiger partial charge in [-0.05, 0) is 23.3 Å². The Morgan fingerprint density at radius 3 is 1.93 bits per heavy atom. The minimum absolute atomic E-state index is 0.0262. The molecule has 7 heteroatoms. The van der Waals surface area contributed by atoms with Crippen LogP contribution < -0.4 is 0 Å². The lowest BCUT2D eigenvalue weighted by Crippen LogP contribution is -2.27. The van der Waals surface area contributed by atoms with Crippen LogP contribution in [0.2, 0.25) is 5.02 Å². The van der Waals surface area contributed by atoms with Gasteiger partial charge in [0.2, 0.25) is 0 Å². The average molecular weight is 420 g/mol. The molecule has 0 aliphatic carbocycles. The normalized spacial score (nSPS) is 12.0. The summed E-state index contributed by atoms with van der Waals surface area (Å²) in [5.41, 5.74) is 1.50. The molecule has 0 heterocycles. The van der Waals surface area contributed by atoms with E-state index in [2.05, 4.69) is 4.99 Å². The average Bonchev–Trinajstić information content (AvgIpc) is 2.69. The number of nitro groups is 1. The van der Waals surface area contributed by atoms with Crippen LogP contribution >= 0.6 is 34.8 Å². The van der Waals surface area contributed by atoms with Crippen molar-refractivity contribution in [3.63, 3.8) is 0 Å². The van der Waals surface area contributed by atoms with Crippen LogP contribution in [-0.2, 0) is 4.87 Å². The highest BCUT2D eigenvalue weighted by Crippen LogP contribution is 2.41. The SMILES string of the molecule is O=[N+]([O-])c1cc(N=C(Cl)C(Cl)(c2ccccc2)c2ccccc2)ccc1Cl. The van der Waals surface area contributed by atoms with Gasteiger partial charge < -0.3 is 0 Å². The topological polar surface area (TPSA) is 55.5 Å². The lowest BCUT2D eigenvalue weighted by molar-refractivity contribution is -0.384. The maximum absolute atomic E-state index is 11.1. The zero-order valence-corrected chi connectivity index (χ0v) is 16.1. The van der Waals surface area contributed by atoms with Crippen LogP contribution in [0.25, 0.3) is 0 Å². The van der Waals surface area contributed by atoms with E-state index in [0.29, 0.717) is 0 Å². The molecule has 3 aromatic carbocycles. The number of benzene rings is 3. The van der Waals surface area contributed by atoms with E-state index >= 15 is 0 Å². The molecule has 27 heavy (non-hydrogen) atoms. The molecule has 0 fully saturated rings. The van der Waals surface area contributed by atoms with Crippen molar-refractivity contribution in [3.8, 4) is 0 Å². The third kappa shape index (κ3) is 3.98. The number of alkyl halides is 1. The van der Waals surface area contributed by atoms with E-state index in [1.165, 1.54) is 12.1 Å². The fourth-order valence-electron chi connectivity index (χ4n) is 2.64. The molecule has 0 unspecified atom stereocenters. The van der Waals surface area contributed by atoms with Crippen molar-refractivity contribution in [2.45, 2.75) is 4.87 Å². The van der Waals surface area contributed by atoms with E-state index < -0.39 is 9.80 Å². The minimum atomic E-state index is -1.24. The molecule has 0 N–H and O–H groups in total. The third-order valence-electron chi connectivity index (χ3n) is 3.98. The van der Waals surface area contributed by atoms with Gasteiger partial charge in [0, 0.05) is 6.07 Å². The standard InChI is InChI=1S/C20H13Cl3N2O2/c21-17-12-11-16(13-18(17)25(26)27)24-19(22)20(23,14-7-3-1-4-8-14)15-9-5-2-6-10-15/h1-13H. The summed E-state index contributed by atoms with van der Waals surface area (Å²) < 4.78 is 0. The second-order valence-electron chi connectivity index (χ2n) is 5.69. The second-order valence-corrected chi connectivity index (χ2v) is 7.02. The second kappa shape index (κ2) is 8.09. The molecule has 3 rings (SSSR count). The minimum Gasteiger partial charge on any atom is -0.258 e. The Morgan fingerprint density at radius 2 is 1.44 bits per heavy atom. The molecule has 0 amide bonds. The summed E-state index contributed by atoms with van der Waals surface area (Å²) in [4.78, 5) is 13.7. The molecule has 0 aliphatic rings.